The molecule has 0 bridgehead atoms. The average Bonchev–Trinajstić information content (AvgIpc) is 2.50. The molecule has 0 saturated heterocycles. The molecule has 0 aliphatic carbocycles. The van der Waals surface area contributed by atoms with Crippen LogP contribution >= 0.6 is 15.9 Å². The number of aryl methyl sites for hydroxylation is 1. The van der Waals surface area contributed by atoms with Crippen LogP contribution in [0.25, 0.3) is 10.9 Å². The largest absolute Gasteiger partial charge is 0.496 e. The molecule has 1 aromatic heterocycles. The van der Waals surface area contributed by atoms with Crippen molar-refractivity contribution in [3.05, 3.63) is 52.5 Å². The minimum absolute atomic E-state index is 0.355. The summed E-state index contributed by atoms with van der Waals surface area (Å²) in [6, 6.07) is 8.59. The molecule has 1 N–H and O–H groups in total. The first-order valence-electron chi connectivity index (χ1n) is 6.60. The van der Waals surface area contributed by atoms with Gasteiger partial charge in [-0.1, -0.05) is 15.9 Å². The van der Waals surface area contributed by atoms with Gasteiger partial charge < -0.3 is 10.1 Å². The Labute approximate surface area is 135 Å². The number of aromatic nitrogens is 2. The molecule has 0 aliphatic heterocycles. The Kier molecular flexibility index (Phi) is 3.94. The lowest BCUT2D eigenvalue weighted by atomic mass is 10.1. The van der Waals surface area contributed by atoms with Crippen LogP contribution in [-0.4, -0.2) is 17.1 Å². The van der Waals surface area contributed by atoms with Gasteiger partial charge in [0, 0.05) is 15.9 Å². The SMILES string of the molecule is COc1cc2ncnc(Nc3ccc(Br)cc3F)c2cc1C. The predicted molar refractivity (Wildman–Crippen MR) is 88.2 cm³/mol. The predicted octanol–water partition coefficient (Wildman–Crippen LogP) is 4.59. The number of hydrogen-bond acceptors (Lipinski definition) is 4. The fraction of sp³-hybridized carbons (Fsp3) is 0.125. The maximum absolute atomic E-state index is 14.0. The zero-order chi connectivity index (χ0) is 15.7. The van der Waals surface area contributed by atoms with E-state index in [1.54, 1.807) is 19.2 Å². The Morgan fingerprint density at radius 1 is 1.18 bits per heavy atom. The lowest BCUT2D eigenvalue weighted by Gasteiger charge is -2.11. The highest BCUT2D eigenvalue weighted by molar-refractivity contribution is 9.10. The lowest BCUT2D eigenvalue weighted by molar-refractivity contribution is 0.412. The zero-order valence-electron chi connectivity index (χ0n) is 12.0. The van der Waals surface area contributed by atoms with Gasteiger partial charge in [0.25, 0.3) is 0 Å². The molecular weight excluding hydrogens is 349 g/mol. The van der Waals surface area contributed by atoms with E-state index in [-0.39, 0.29) is 5.82 Å². The van der Waals surface area contributed by atoms with Crippen molar-refractivity contribution in [1.29, 1.82) is 0 Å². The molecule has 4 nitrogen and oxygen atoms in total. The third-order valence-corrected chi connectivity index (χ3v) is 3.83. The normalized spacial score (nSPS) is 10.7. The summed E-state index contributed by atoms with van der Waals surface area (Å²) in [6.45, 7) is 1.94. The van der Waals surface area contributed by atoms with Crippen LogP contribution in [0, 0.1) is 12.7 Å². The number of benzene rings is 2. The van der Waals surface area contributed by atoms with Crippen LogP contribution in [0.5, 0.6) is 5.75 Å². The molecule has 3 rings (SSSR count). The van der Waals surface area contributed by atoms with Gasteiger partial charge in [-0.05, 0) is 36.8 Å². The molecule has 112 valence electrons. The van der Waals surface area contributed by atoms with Gasteiger partial charge in [0.1, 0.15) is 23.7 Å². The van der Waals surface area contributed by atoms with Crippen molar-refractivity contribution in [3.63, 3.8) is 0 Å². The maximum atomic E-state index is 14.0. The van der Waals surface area contributed by atoms with E-state index in [1.165, 1.54) is 12.4 Å². The van der Waals surface area contributed by atoms with Crippen LogP contribution < -0.4 is 10.1 Å². The molecule has 0 fully saturated rings. The Morgan fingerprint density at radius 3 is 2.73 bits per heavy atom. The molecule has 3 aromatic rings. The van der Waals surface area contributed by atoms with E-state index in [2.05, 4.69) is 31.2 Å². The molecule has 0 spiro atoms. The van der Waals surface area contributed by atoms with Crippen molar-refractivity contribution in [2.75, 3.05) is 12.4 Å². The van der Waals surface area contributed by atoms with Crippen molar-refractivity contribution in [2.45, 2.75) is 6.92 Å². The lowest BCUT2D eigenvalue weighted by Crippen LogP contribution is -1.99. The fourth-order valence-corrected chi connectivity index (χ4v) is 2.56. The van der Waals surface area contributed by atoms with Crippen LogP contribution in [0.2, 0.25) is 0 Å². The highest BCUT2D eigenvalue weighted by atomic mass is 79.9. The zero-order valence-corrected chi connectivity index (χ0v) is 13.6. The monoisotopic (exact) mass is 361 g/mol. The van der Waals surface area contributed by atoms with Crippen molar-refractivity contribution in [1.82, 2.24) is 9.97 Å². The second kappa shape index (κ2) is 5.88. The smallest absolute Gasteiger partial charge is 0.147 e. The number of nitrogens with zero attached hydrogens (tertiary/aromatic N) is 2. The molecule has 6 heteroatoms. The van der Waals surface area contributed by atoms with Crippen LogP contribution in [0.15, 0.2) is 41.1 Å². The van der Waals surface area contributed by atoms with E-state index in [0.717, 1.165) is 22.2 Å². The van der Waals surface area contributed by atoms with E-state index in [0.29, 0.717) is 16.0 Å². The highest BCUT2D eigenvalue weighted by Gasteiger charge is 2.10. The molecule has 0 saturated carbocycles. The number of ether oxygens (including phenoxy) is 1. The van der Waals surface area contributed by atoms with Crippen molar-refractivity contribution in [3.8, 4) is 5.75 Å². The first-order chi connectivity index (χ1) is 10.6. The molecule has 22 heavy (non-hydrogen) atoms. The van der Waals surface area contributed by atoms with Gasteiger partial charge in [-0.2, -0.15) is 0 Å². The number of methoxy groups -OCH3 is 1. The van der Waals surface area contributed by atoms with Crippen LogP contribution in [0.1, 0.15) is 5.56 Å². The Morgan fingerprint density at radius 2 is 2.00 bits per heavy atom. The molecule has 0 radical (unpaired) electrons. The molecule has 0 unspecified atom stereocenters. The number of nitrogens with one attached hydrogen (secondary N) is 1. The van der Waals surface area contributed by atoms with Gasteiger partial charge in [0.2, 0.25) is 0 Å². The van der Waals surface area contributed by atoms with Gasteiger partial charge in [0.15, 0.2) is 0 Å². The Balaban J connectivity index is 2.09. The van der Waals surface area contributed by atoms with E-state index in [1.807, 2.05) is 19.1 Å². The first kappa shape index (κ1) is 14.7. The topological polar surface area (TPSA) is 47.0 Å². The summed E-state index contributed by atoms with van der Waals surface area (Å²) in [4.78, 5) is 8.46. The number of hydrogen-bond donors (Lipinski definition) is 1. The second-order valence-electron chi connectivity index (χ2n) is 4.81. The number of rotatable bonds is 3. The van der Waals surface area contributed by atoms with E-state index >= 15 is 0 Å². The quantitative estimate of drug-likeness (QED) is 0.740. The van der Waals surface area contributed by atoms with E-state index in [9.17, 15) is 4.39 Å². The van der Waals surface area contributed by atoms with Gasteiger partial charge in [0.05, 0.1) is 18.3 Å². The number of fused-ring (bicyclic) bond motifs is 1. The minimum Gasteiger partial charge on any atom is -0.496 e. The summed E-state index contributed by atoms with van der Waals surface area (Å²) in [5.41, 5.74) is 2.05. The highest BCUT2D eigenvalue weighted by Crippen LogP contribution is 2.30. The number of halogens is 2. The van der Waals surface area contributed by atoms with Gasteiger partial charge in [-0.15, -0.1) is 0 Å². The summed E-state index contributed by atoms with van der Waals surface area (Å²) in [5, 5.41) is 3.83. The Bertz CT molecular complexity index is 854. The van der Waals surface area contributed by atoms with Gasteiger partial charge >= 0.3 is 0 Å². The first-order valence-corrected chi connectivity index (χ1v) is 7.39. The van der Waals surface area contributed by atoms with Gasteiger partial charge in [-0.3, -0.25) is 0 Å². The molecule has 0 amide bonds. The summed E-state index contributed by atoms with van der Waals surface area (Å²) in [5.74, 6) is 0.954. The second-order valence-corrected chi connectivity index (χ2v) is 5.73. The van der Waals surface area contributed by atoms with Crippen LogP contribution in [0.4, 0.5) is 15.9 Å². The molecule has 2 aromatic carbocycles. The summed E-state index contributed by atoms with van der Waals surface area (Å²) in [7, 11) is 1.62. The summed E-state index contributed by atoms with van der Waals surface area (Å²) in [6.07, 6.45) is 1.44. The summed E-state index contributed by atoms with van der Waals surface area (Å²) < 4.78 is 20.0. The van der Waals surface area contributed by atoms with Crippen molar-refractivity contribution < 1.29 is 9.13 Å². The van der Waals surface area contributed by atoms with E-state index < -0.39 is 0 Å². The Hall–Kier alpha value is -2.21. The minimum atomic E-state index is -0.355. The third kappa shape index (κ3) is 2.74. The summed E-state index contributed by atoms with van der Waals surface area (Å²) >= 11 is 3.24. The average molecular weight is 362 g/mol. The third-order valence-electron chi connectivity index (χ3n) is 3.34. The molecule has 0 atom stereocenters. The standard InChI is InChI=1S/C16H13BrFN3O/c1-9-5-11-14(7-15(9)22-2)19-8-20-16(11)21-13-4-3-10(17)6-12(13)18/h3-8H,1-2H3,(H,19,20,21). The van der Waals surface area contributed by atoms with Crippen molar-refractivity contribution >= 4 is 38.3 Å². The van der Waals surface area contributed by atoms with Gasteiger partial charge in [-0.25, -0.2) is 14.4 Å². The molecular formula is C16H13BrFN3O. The maximum Gasteiger partial charge on any atom is 0.147 e. The molecule has 0 aliphatic rings. The van der Waals surface area contributed by atoms with Crippen molar-refractivity contribution in [2.24, 2.45) is 0 Å². The van der Waals surface area contributed by atoms with E-state index in [4.69, 9.17) is 4.74 Å². The molecule has 1 heterocycles. The number of anilines is 2. The fourth-order valence-electron chi connectivity index (χ4n) is 2.23. The van der Waals surface area contributed by atoms with Crippen LogP contribution in [0.3, 0.4) is 0 Å². The van der Waals surface area contributed by atoms with Crippen LogP contribution in [-0.2, 0) is 0 Å².